The van der Waals surface area contributed by atoms with Gasteiger partial charge in [-0.2, -0.15) is 8.78 Å². The smallest absolute Gasteiger partial charge is 0.408 e. The molecule has 0 heterocycles. The predicted octanol–water partition coefficient (Wildman–Crippen LogP) is 2.82. The summed E-state index contributed by atoms with van der Waals surface area (Å²) >= 11 is 0. The Hall–Kier alpha value is -2.85. The molecule has 0 aliphatic rings. The molecule has 0 aliphatic carbocycles. The highest BCUT2D eigenvalue weighted by Crippen LogP contribution is 2.59. The second-order valence-corrected chi connectivity index (χ2v) is 9.84. The molecule has 35 heavy (non-hydrogen) atoms. The molecule has 0 saturated carbocycles. The van der Waals surface area contributed by atoms with E-state index < -0.39 is 36.9 Å². The average Bonchev–Trinajstić information content (AvgIpc) is 2.80. The number of rotatable bonds is 12. The molecule has 9 nitrogen and oxygen atoms in total. The molecule has 0 fully saturated rings. The van der Waals surface area contributed by atoms with Gasteiger partial charge >= 0.3 is 19.4 Å². The van der Waals surface area contributed by atoms with E-state index in [9.17, 15) is 22.9 Å². The molecular formula is C23H30F2N3O6P. The Morgan fingerprint density at radius 3 is 2.26 bits per heavy atom. The molecule has 0 unspecified atom stereocenters. The Kier molecular flexibility index (Phi) is 10.3. The molecule has 2 aromatic rings. The zero-order chi connectivity index (χ0) is 26.1. The van der Waals surface area contributed by atoms with Gasteiger partial charge in [-0.25, -0.2) is 4.79 Å². The van der Waals surface area contributed by atoms with E-state index in [1.807, 2.05) is 25.1 Å². The Bertz CT molecular complexity index is 1020. The molecule has 0 radical (unpaired) electrons. The first-order valence-corrected chi connectivity index (χ1v) is 12.4. The van der Waals surface area contributed by atoms with Crippen LogP contribution < -0.4 is 10.6 Å². The lowest BCUT2D eigenvalue weighted by Gasteiger charge is -2.20. The Labute approximate surface area is 202 Å². The summed E-state index contributed by atoms with van der Waals surface area (Å²) in [7, 11) is -1.90. The maximum absolute atomic E-state index is 13.9. The van der Waals surface area contributed by atoms with E-state index in [4.69, 9.17) is 14.5 Å². The summed E-state index contributed by atoms with van der Waals surface area (Å²) in [6, 6.07) is 12.1. The number of ether oxygens (including phenoxy) is 1. The van der Waals surface area contributed by atoms with Gasteiger partial charge in [0.05, 0.1) is 0 Å². The molecule has 0 spiro atoms. The second kappa shape index (κ2) is 12.7. The topological polar surface area (TPSA) is 128 Å². The van der Waals surface area contributed by atoms with Crippen molar-refractivity contribution in [1.82, 2.24) is 15.5 Å². The zero-order valence-corrected chi connectivity index (χ0v) is 20.4. The summed E-state index contributed by atoms with van der Waals surface area (Å²) in [5, 5.41) is 5.23. The highest BCUT2D eigenvalue weighted by Gasteiger charge is 2.50. The fourth-order valence-corrected chi connectivity index (χ4v) is 3.58. The number of alkyl carbamates (subject to hydrolysis) is 1. The first kappa shape index (κ1) is 28.4. The Balaban J connectivity index is 2.08. The minimum atomic E-state index is -5.70. The number of hydrogen-bond donors (Lipinski definition) is 4. The quantitative estimate of drug-likeness (QED) is 0.254. The van der Waals surface area contributed by atoms with Crippen LogP contribution in [0.1, 0.15) is 23.1 Å². The molecule has 0 aromatic heterocycles. The van der Waals surface area contributed by atoms with Crippen molar-refractivity contribution in [2.24, 2.45) is 0 Å². The highest BCUT2D eigenvalue weighted by atomic mass is 31.2. The number of hydrogen-bond acceptors (Lipinski definition) is 5. The lowest BCUT2D eigenvalue weighted by molar-refractivity contribution is -0.123. The first-order valence-electron chi connectivity index (χ1n) is 10.8. The van der Waals surface area contributed by atoms with Crippen LogP contribution in [-0.4, -0.2) is 59.9 Å². The van der Waals surface area contributed by atoms with Crippen molar-refractivity contribution in [2.45, 2.75) is 31.2 Å². The van der Waals surface area contributed by atoms with Crippen molar-refractivity contribution in [3.05, 3.63) is 71.3 Å². The number of benzene rings is 2. The maximum Gasteiger partial charge on any atom is 0.408 e. The summed E-state index contributed by atoms with van der Waals surface area (Å²) in [6.07, 6.45) is -0.204. The minimum Gasteiger partial charge on any atom is -0.445 e. The van der Waals surface area contributed by atoms with Crippen molar-refractivity contribution < 1.29 is 37.5 Å². The fraction of sp³-hybridized carbons (Fsp3) is 0.391. The van der Waals surface area contributed by atoms with Gasteiger partial charge < -0.3 is 30.1 Å². The van der Waals surface area contributed by atoms with Crippen LogP contribution in [0.15, 0.2) is 54.6 Å². The molecule has 2 rings (SSSR count). The van der Waals surface area contributed by atoms with Gasteiger partial charge in [-0.15, -0.1) is 0 Å². The number of carbonyl (C=O) groups excluding carboxylic acids is 2. The van der Waals surface area contributed by atoms with Gasteiger partial charge in [-0.3, -0.25) is 9.36 Å². The lowest BCUT2D eigenvalue weighted by Crippen LogP contribution is -2.48. The number of nitrogens with zero attached hydrogens (tertiary/aromatic N) is 1. The van der Waals surface area contributed by atoms with Crippen LogP contribution in [-0.2, 0) is 32.8 Å². The molecule has 4 N–H and O–H groups in total. The van der Waals surface area contributed by atoms with Gasteiger partial charge in [0.15, 0.2) is 0 Å². The predicted molar refractivity (Wildman–Crippen MR) is 126 cm³/mol. The number of halogens is 2. The third-order valence-electron chi connectivity index (χ3n) is 5.01. The van der Waals surface area contributed by atoms with Crippen molar-refractivity contribution in [2.75, 3.05) is 27.2 Å². The summed E-state index contributed by atoms with van der Waals surface area (Å²) in [5.41, 5.74) is -4.04. The van der Waals surface area contributed by atoms with Crippen LogP contribution >= 0.6 is 7.60 Å². The van der Waals surface area contributed by atoms with Crippen LogP contribution in [0.5, 0.6) is 0 Å². The molecular weight excluding hydrogens is 483 g/mol. The number of nitrogens with one attached hydrogen (secondary N) is 2. The van der Waals surface area contributed by atoms with Gasteiger partial charge in [0.1, 0.15) is 12.6 Å². The van der Waals surface area contributed by atoms with E-state index in [1.54, 1.807) is 24.3 Å². The highest BCUT2D eigenvalue weighted by molar-refractivity contribution is 7.52. The number of alkyl halides is 2. The fourth-order valence-electron chi connectivity index (χ4n) is 3.09. The van der Waals surface area contributed by atoms with Crippen LogP contribution in [0.2, 0.25) is 0 Å². The third kappa shape index (κ3) is 9.03. The molecule has 1 atom stereocenters. The van der Waals surface area contributed by atoms with Gasteiger partial charge in [0.2, 0.25) is 5.91 Å². The van der Waals surface area contributed by atoms with E-state index in [2.05, 4.69) is 10.6 Å². The van der Waals surface area contributed by atoms with Gasteiger partial charge in [0.25, 0.3) is 0 Å². The standard InChI is InChI=1S/C23H30F2N3O6P/c1-28(2)14-6-13-26-21(29)20(27-22(30)34-16-18-7-4-3-5-8-18)15-17-9-11-19(12-10-17)23(24,25)35(31,32)33/h3-5,7-12,20H,6,13-16H2,1-2H3,(H,26,29)(H,27,30)(H2,31,32,33)/t20-/m0/s1. The van der Waals surface area contributed by atoms with E-state index in [0.717, 1.165) is 24.2 Å². The Morgan fingerprint density at radius 1 is 1.06 bits per heavy atom. The van der Waals surface area contributed by atoms with Crippen molar-refractivity contribution in [1.29, 1.82) is 0 Å². The molecule has 192 valence electrons. The van der Waals surface area contributed by atoms with Gasteiger partial charge in [-0.05, 0) is 38.2 Å². The minimum absolute atomic E-state index is 0.00397. The molecule has 12 heteroatoms. The molecule has 2 amide bonds. The lowest BCUT2D eigenvalue weighted by atomic mass is 10.0. The third-order valence-corrected chi connectivity index (χ3v) is 6.00. The first-order chi connectivity index (χ1) is 16.4. The SMILES string of the molecule is CN(C)CCCNC(=O)[C@H](Cc1ccc(C(F)(F)P(=O)(O)O)cc1)NC(=O)OCc1ccccc1. The summed E-state index contributed by atoms with van der Waals surface area (Å²) < 4.78 is 44.1. The van der Waals surface area contributed by atoms with Crippen LogP contribution in [0, 0.1) is 0 Å². The zero-order valence-electron chi connectivity index (χ0n) is 19.5. The molecule has 2 aromatic carbocycles. The molecule has 0 bridgehead atoms. The summed E-state index contributed by atoms with van der Waals surface area (Å²) in [5.74, 6) is -0.481. The second-order valence-electron chi connectivity index (χ2n) is 8.19. The van der Waals surface area contributed by atoms with Gasteiger partial charge in [-0.1, -0.05) is 54.6 Å². The van der Waals surface area contributed by atoms with Crippen molar-refractivity contribution in [3.8, 4) is 0 Å². The van der Waals surface area contributed by atoms with Gasteiger partial charge in [0, 0.05) is 18.5 Å². The number of amides is 2. The largest absolute Gasteiger partial charge is 0.445 e. The molecule has 0 saturated heterocycles. The summed E-state index contributed by atoms with van der Waals surface area (Å²) in [6.45, 7) is 1.10. The van der Waals surface area contributed by atoms with E-state index in [-0.39, 0.29) is 13.0 Å². The normalized spacial score (nSPS) is 12.8. The molecule has 0 aliphatic heterocycles. The Morgan fingerprint density at radius 2 is 1.69 bits per heavy atom. The van der Waals surface area contributed by atoms with Crippen LogP contribution in [0.3, 0.4) is 0 Å². The maximum atomic E-state index is 13.9. The monoisotopic (exact) mass is 513 g/mol. The van der Waals surface area contributed by atoms with E-state index >= 15 is 0 Å². The van der Waals surface area contributed by atoms with E-state index in [1.165, 1.54) is 12.1 Å². The number of carbonyl (C=O) groups is 2. The van der Waals surface area contributed by atoms with Crippen molar-refractivity contribution >= 4 is 19.6 Å². The average molecular weight is 513 g/mol. The summed E-state index contributed by atoms with van der Waals surface area (Å²) in [4.78, 5) is 44.8. The van der Waals surface area contributed by atoms with E-state index in [0.29, 0.717) is 18.5 Å². The van der Waals surface area contributed by atoms with Crippen molar-refractivity contribution in [3.63, 3.8) is 0 Å². The van der Waals surface area contributed by atoms with Crippen LogP contribution in [0.25, 0.3) is 0 Å². The van der Waals surface area contributed by atoms with Crippen LogP contribution in [0.4, 0.5) is 13.6 Å².